The third kappa shape index (κ3) is 2.71. The molecule has 0 bridgehead atoms. The molecule has 0 atom stereocenters. The van der Waals surface area contributed by atoms with Gasteiger partial charge in [-0.15, -0.1) is 0 Å². The Hall–Kier alpha value is -0.680. The number of halogens is 3. The Bertz CT molecular complexity index is 341. The first-order chi connectivity index (χ1) is 7.57. The first kappa shape index (κ1) is 11.8. The minimum Gasteiger partial charge on any atom is -0.380 e. The van der Waals surface area contributed by atoms with Gasteiger partial charge in [0.15, 0.2) is 0 Å². The summed E-state index contributed by atoms with van der Waals surface area (Å²) in [7, 11) is -0.307. The van der Waals surface area contributed by atoms with Crippen LogP contribution in [0.2, 0.25) is 0 Å². The van der Waals surface area contributed by atoms with Crippen LogP contribution in [-0.4, -0.2) is 24.7 Å². The molecule has 1 nitrogen and oxygen atoms in total. The van der Waals surface area contributed by atoms with Crippen LogP contribution in [0.1, 0.15) is 5.56 Å². The van der Waals surface area contributed by atoms with E-state index in [1.807, 2.05) is 0 Å². The van der Waals surface area contributed by atoms with E-state index in [0.29, 0.717) is 0 Å². The molecule has 0 saturated carbocycles. The monoisotopic (exact) mass is 250 g/mol. The molecule has 0 aliphatic carbocycles. The van der Waals surface area contributed by atoms with Crippen molar-refractivity contribution < 1.29 is 17.9 Å². The van der Waals surface area contributed by atoms with Gasteiger partial charge in [-0.2, -0.15) is 13.2 Å². The Morgan fingerprint density at radius 1 is 1.00 bits per heavy atom. The van der Waals surface area contributed by atoms with E-state index in [0.717, 1.165) is 29.6 Å². The maximum absolute atomic E-state index is 12.3. The van der Waals surface area contributed by atoms with Gasteiger partial charge in [0, 0.05) is 11.5 Å². The summed E-state index contributed by atoms with van der Waals surface area (Å²) < 4.78 is 42.3. The Morgan fingerprint density at radius 3 is 2.06 bits per heavy atom. The van der Waals surface area contributed by atoms with Gasteiger partial charge in [-0.25, -0.2) is 10.9 Å². The van der Waals surface area contributed by atoms with Crippen LogP contribution in [0.4, 0.5) is 13.2 Å². The van der Waals surface area contributed by atoms with Gasteiger partial charge in [0.1, 0.15) is 0 Å². The quantitative estimate of drug-likeness (QED) is 0.753. The summed E-state index contributed by atoms with van der Waals surface area (Å²) in [5, 5.41) is 0. The van der Waals surface area contributed by atoms with Crippen LogP contribution in [0, 0.1) is 0 Å². The van der Waals surface area contributed by atoms with Crippen molar-refractivity contribution in [3.63, 3.8) is 0 Å². The maximum atomic E-state index is 12.3. The molecule has 16 heavy (non-hydrogen) atoms. The van der Waals surface area contributed by atoms with Gasteiger partial charge < -0.3 is 4.74 Å². The highest BCUT2D eigenvalue weighted by Gasteiger charge is 2.30. The minimum absolute atomic E-state index is 0.307. The normalized spacial score (nSPS) is 19.8. The van der Waals surface area contributed by atoms with Crippen molar-refractivity contribution in [1.82, 2.24) is 0 Å². The second-order valence-corrected chi connectivity index (χ2v) is 6.13. The highest BCUT2D eigenvalue weighted by molar-refractivity contribution is 8.17. The predicted octanol–water partition coefficient (Wildman–Crippen LogP) is 3.10. The molecule has 0 amide bonds. The van der Waals surface area contributed by atoms with E-state index in [1.165, 1.54) is 12.1 Å². The highest BCUT2D eigenvalue weighted by atomic mass is 32.2. The van der Waals surface area contributed by atoms with Crippen molar-refractivity contribution in [3.8, 4) is 0 Å². The van der Waals surface area contributed by atoms with E-state index >= 15 is 0 Å². The second kappa shape index (κ2) is 4.67. The highest BCUT2D eigenvalue weighted by Crippen LogP contribution is 2.39. The van der Waals surface area contributed by atoms with Crippen LogP contribution < -0.4 is 0 Å². The topological polar surface area (TPSA) is 9.23 Å². The van der Waals surface area contributed by atoms with E-state index in [9.17, 15) is 13.2 Å². The van der Waals surface area contributed by atoms with Crippen molar-refractivity contribution in [2.45, 2.75) is 11.1 Å². The number of hydrogen-bond acceptors (Lipinski definition) is 1. The molecule has 1 heterocycles. The van der Waals surface area contributed by atoms with Crippen molar-refractivity contribution in [2.24, 2.45) is 0 Å². The lowest BCUT2D eigenvalue weighted by Crippen LogP contribution is -2.15. The SMILES string of the molecule is FC(F)(F)c1ccc([SH]2CCOCC2)cc1. The van der Waals surface area contributed by atoms with E-state index in [1.54, 1.807) is 12.1 Å². The Balaban J connectivity index is 2.12. The fourth-order valence-corrected chi connectivity index (χ4v) is 3.69. The van der Waals surface area contributed by atoms with Crippen LogP contribution in [-0.2, 0) is 10.9 Å². The minimum atomic E-state index is -4.23. The van der Waals surface area contributed by atoms with E-state index in [-0.39, 0.29) is 10.9 Å². The molecule has 1 fully saturated rings. The molecule has 0 radical (unpaired) electrons. The number of thiol groups is 1. The average Bonchev–Trinajstić information content (AvgIpc) is 2.29. The fourth-order valence-electron chi connectivity index (χ4n) is 1.68. The third-order valence-electron chi connectivity index (χ3n) is 2.57. The first-order valence-corrected chi connectivity index (χ1v) is 6.78. The molecule has 1 saturated heterocycles. The zero-order chi connectivity index (χ0) is 11.6. The molecule has 90 valence electrons. The first-order valence-electron chi connectivity index (χ1n) is 5.07. The molecular formula is C11H13F3OS. The van der Waals surface area contributed by atoms with Crippen molar-refractivity contribution >= 4 is 10.9 Å². The van der Waals surface area contributed by atoms with Crippen LogP contribution in [0.5, 0.6) is 0 Å². The standard InChI is InChI=1S/C11H13F3OS/c12-11(13,14)9-1-3-10(4-2-9)16-7-5-15-6-8-16/h1-4,16H,5-8H2. The molecule has 2 rings (SSSR count). The van der Waals surface area contributed by atoms with Crippen LogP contribution in [0.15, 0.2) is 29.2 Å². The molecule has 1 aromatic carbocycles. The van der Waals surface area contributed by atoms with Gasteiger partial charge >= 0.3 is 6.18 Å². The maximum Gasteiger partial charge on any atom is 0.416 e. The van der Waals surface area contributed by atoms with Gasteiger partial charge in [0.2, 0.25) is 0 Å². The summed E-state index contributed by atoms with van der Waals surface area (Å²) >= 11 is 0. The summed E-state index contributed by atoms with van der Waals surface area (Å²) in [6.45, 7) is 1.46. The largest absolute Gasteiger partial charge is 0.416 e. The number of alkyl halides is 3. The molecule has 1 aliphatic rings. The number of ether oxygens (including phenoxy) is 1. The lowest BCUT2D eigenvalue weighted by molar-refractivity contribution is -0.137. The second-order valence-electron chi connectivity index (χ2n) is 3.64. The van der Waals surface area contributed by atoms with E-state index in [4.69, 9.17) is 4.74 Å². The zero-order valence-electron chi connectivity index (χ0n) is 8.63. The molecule has 0 N–H and O–H groups in total. The van der Waals surface area contributed by atoms with Gasteiger partial charge in [-0.3, -0.25) is 0 Å². The van der Waals surface area contributed by atoms with Gasteiger partial charge in [-0.05, 0) is 29.2 Å². The smallest absolute Gasteiger partial charge is 0.380 e. The molecule has 0 spiro atoms. The predicted molar refractivity (Wildman–Crippen MR) is 59.2 cm³/mol. The average molecular weight is 250 g/mol. The van der Waals surface area contributed by atoms with E-state index < -0.39 is 11.7 Å². The number of hydrogen-bond donors (Lipinski definition) is 1. The van der Waals surface area contributed by atoms with Crippen LogP contribution in [0.25, 0.3) is 0 Å². The lowest BCUT2D eigenvalue weighted by Gasteiger charge is -2.26. The zero-order valence-corrected chi connectivity index (χ0v) is 9.52. The third-order valence-corrected chi connectivity index (χ3v) is 5.04. The van der Waals surface area contributed by atoms with Crippen LogP contribution in [0.3, 0.4) is 0 Å². The number of rotatable bonds is 1. The molecule has 1 aromatic rings. The molecule has 5 heteroatoms. The van der Waals surface area contributed by atoms with Crippen LogP contribution >= 0.6 is 10.9 Å². The summed E-state index contributed by atoms with van der Waals surface area (Å²) in [5.41, 5.74) is -0.570. The Morgan fingerprint density at radius 2 is 1.56 bits per heavy atom. The summed E-state index contributed by atoms with van der Waals surface area (Å²) in [4.78, 5) is 1.05. The molecule has 1 aliphatic heterocycles. The number of benzene rings is 1. The van der Waals surface area contributed by atoms with Gasteiger partial charge in [-0.1, -0.05) is 0 Å². The summed E-state index contributed by atoms with van der Waals surface area (Å²) in [5.74, 6) is 1.92. The van der Waals surface area contributed by atoms with E-state index in [2.05, 4.69) is 0 Å². The lowest BCUT2D eigenvalue weighted by atomic mass is 10.2. The van der Waals surface area contributed by atoms with Crippen molar-refractivity contribution in [2.75, 3.05) is 24.7 Å². The van der Waals surface area contributed by atoms with Gasteiger partial charge in [0.25, 0.3) is 0 Å². The Labute approximate surface area is 95.0 Å². The van der Waals surface area contributed by atoms with Gasteiger partial charge in [0.05, 0.1) is 18.8 Å². The molecule has 0 unspecified atom stereocenters. The molecule has 0 aromatic heterocycles. The van der Waals surface area contributed by atoms with Crippen molar-refractivity contribution in [1.29, 1.82) is 0 Å². The summed E-state index contributed by atoms with van der Waals surface area (Å²) in [6, 6.07) is 5.57. The molecular weight excluding hydrogens is 237 g/mol. The van der Waals surface area contributed by atoms with Crippen molar-refractivity contribution in [3.05, 3.63) is 29.8 Å². The summed E-state index contributed by atoms with van der Waals surface area (Å²) in [6.07, 6.45) is -4.23. The fraction of sp³-hybridized carbons (Fsp3) is 0.455. The Kier molecular flexibility index (Phi) is 3.44.